The number of carbonyl (C=O) groups is 2. The molecule has 4 aromatic rings. The number of aryl methyl sites for hydroxylation is 1. The molecule has 0 radical (unpaired) electrons. The lowest BCUT2D eigenvalue weighted by Crippen LogP contribution is -2.29. The van der Waals surface area contributed by atoms with E-state index < -0.39 is 0 Å². The Morgan fingerprint density at radius 2 is 2.11 bits per heavy atom. The zero-order valence-electron chi connectivity index (χ0n) is 19.7. The molecule has 1 aliphatic rings. The molecule has 0 spiro atoms. The number of aromatic nitrogens is 4. The van der Waals surface area contributed by atoms with Crippen LogP contribution in [0.5, 0.6) is 0 Å². The predicted molar refractivity (Wildman–Crippen MR) is 139 cm³/mol. The highest BCUT2D eigenvalue weighted by Crippen LogP contribution is 2.44. The molecule has 2 N–H and O–H groups in total. The number of halogens is 1. The third-order valence-electron chi connectivity index (χ3n) is 5.93. The molecule has 0 bridgehead atoms. The average Bonchev–Trinajstić information content (AvgIpc) is 3.44. The monoisotopic (exact) mass is 522 g/mol. The van der Waals surface area contributed by atoms with Gasteiger partial charge in [-0.2, -0.15) is 5.10 Å². The summed E-state index contributed by atoms with van der Waals surface area (Å²) in [6.07, 6.45) is 4.93. The number of anilines is 1. The van der Waals surface area contributed by atoms with Crippen molar-refractivity contribution in [2.75, 3.05) is 25.5 Å². The summed E-state index contributed by atoms with van der Waals surface area (Å²) in [5.74, 6) is -0.416. The first-order chi connectivity index (χ1) is 17.4. The van der Waals surface area contributed by atoms with Gasteiger partial charge < -0.3 is 15.3 Å². The number of nitrogens with one attached hydrogen (secondary N) is 1. The van der Waals surface area contributed by atoms with Crippen LogP contribution in [0.3, 0.4) is 0 Å². The number of thiazole rings is 1. The minimum atomic E-state index is -0.235. The van der Waals surface area contributed by atoms with E-state index in [1.807, 2.05) is 12.1 Å². The van der Waals surface area contributed by atoms with Gasteiger partial charge in [-0.15, -0.1) is 0 Å². The first kappa shape index (κ1) is 24.1. The number of aliphatic hydroxyl groups is 1. The van der Waals surface area contributed by atoms with Crippen molar-refractivity contribution in [3.8, 4) is 27.5 Å². The number of aliphatic hydroxyl groups excluding tert-OH is 1. The average molecular weight is 523 g/mol. The standard InChI is InChI=1S/C25H23ClN6O3S/c1-14(34)28-25-29-19-7-6-17-21(16-4-3-9-27-13-16)30-32(22(17)23(19)36-25)20-8-5-15(12-18(20)26)24(35)31(2)10-11-33/h3-5,8-9,12-13,33H,6-7,10-11H2,1-2H3,(H,28,29,34). The molecule has 0 saturated heterocycles. The molecular formula is C25H23ClN6O3S. The van der Waals surface area contributed by atoms with E-state index in [1.165, 1.54) is 23.2 Å². The van der Waals surface area contributed by atoms with Crippen molar-refractivity contribution < 1.29 is 14.7 Å². The molecule has 5 rings (SSSR count). The molecule has 3 heterocycles. The lowest BCUT2D eigenvalue weighted by atomic mass is 9.95. The van der Waals surface area contributed by atoms with E-state index in [9.17, 15) is 9.59 Å². The van der Waals surface area contributed by atoms with Crippen LogP contribution in [-0.2, 0) is 17.6 Å². The van der Waals surface area contributed by atoms with Crippen molar-refractivity contribution in [3.63, 3.8) is 0 Å². The first-order valence-corrected chi connectivity index (χ1v) is 12.5. The minimum absolute atomic E-state index is 0.123. The van der Waals surface area contributed by atoms with Crippen molar-refractivity contribution in [2.24, 2.45) is 0 Å². The van der Waals surface area contributed by atoms with Crippen LogP contribution in [0, 0.1) is 0 Å². The SMILES string of the molecule is CC(=O)Nc1nc2c(s1)-c1c(c(-c3cccnc3)nn1-c1ccc(C(=O)N(C)CCO)cc1Cl)CC2. The summed E-state index contributed by atoms with van der Waals surface area (Å²) in [5.41, 5.74) is 5.53. The fourth-order valence-electron chi connectivity index (χ4n) is 4.27. The molecule has 3 aromatic heterocycles. The second kappa shape index (κ2) is 9.81. The smallest absolute Gasteiger partial charge is 0.253 e. The molecule has 0 atom stereocenters. The number of hydrogen-bond donors (Lipinski definition) is 2. The molecular weight excluding hydrogens is 500 g/mol. The normalized spacial score (nSPS) is 12.1. The summed E-state index contributed by atoms with van der Waals surface area (Å²) in [7, 11) is 1.63. The summed E-state index contributed by atoms with van der Waals surface area (Å²) < 4.78 is 1.79. The Labute approximate surface area is 216 Å². The molecule has 0 fully saturated rings. The van der Waals surface area contributed by atoms with Gasteiger partial charge in [0.15, 0.2) is 5.13 Å². The fourth-order valence-corrected chi connectivity index (χ4v) is 5.64. The van der Waals surface area contributed by atoms with Crippen LogP contribution in [0.2, 0.25) is 5.02 Å². The van der Waals surface area contributed by atoms with Gasteiger partial charge in [-0.3, -0.25) is 14.6 Å². The van der Waals surface area contributed by atoms with E-state index >= 15 is 0 Å². The number of fused-ring (bicyclic) bond motifs is 3. The Kier molecular flexibility index (Phi) is 6.57. The van der Waals surface area contributed by atoms with E-state index in [0.717, 1.165) is 45.9 Å². The van der Waals surface area contributed by atoms with Gasteiger partial charge in [0.25, 0.3) is 5.91 Å². The second-order valence-corrected chi connectivity index (χ2v) is 9.83. The van der Waals surface area contributed by atoms with E-state index in [1.54, 1.807) is 42.3 Å². The molecule has 36 heavy (non-hydrogen) atoms. The Hall–Kier alpha value is -3.60. The number of benzene rings is 1. The second-order valence-electron chi connectivity index (χ2n) is 8.42. The number of nitrogens with zero attached hydrogens (tertiary/aromatic N) is 5. The van der Waals surface area contributed by atoms with Gasteiger partial charge in [0, 0.05) is 49.6 Å². The summed E-state index contributed by atoms with van der Waals surface area (Å²) >= 11 is 8.13. The van der Waals surface area contributed by atoms with E-state index in [2.05, 4.69) is 15.3 Å². The predicted octanol–water partition coefficient (Wildman–Crippen LogP) is 3.83. The van der Waals surface area contributed by atoms with Crippen molar-refractivity contribution in [3.05, 3.63) is 64.6 Å². The maximum atomic E-state index is 12.7. The van der Waals surface area contributed by atoms with Crippen molar-refractivity contribution in [1.82, 2.24) is 24.6 Å². The third-order valence-corrected chi connectivity index (χ3v) is 7.25. The van der Waals surface area contributed by atoms with Crippen LogP contribution in [0.25, 0.3) is 27.5 Å². The molecule has 9 nitrogen and oxygen atoms in total. The fraction of sp³-hybridized carbons (Fsp3) is 0.240. The molecule has 184 valence electrons. The summed E-state index contributed by atoms with van der Waals surface area (Å²) in [5, 5.41) is 17.8. The summed E-state index contributed by atoms with van der Waals surface area (Å²) in [6, 6.07) is 8.92. The molecule has 0 aliphatic heterocycles. The molecule has 0 saturated carbocycles. The van der Waals surface area contributed by atoms with Gasteiger partial charge in [-0.25, -0.2) is 9.67 Å². The molecule has 0 unspecified atom stereocenters. The number of carbonyl (C=O) groups excluding carboxylic acids is 2. The maximum Gasteiger partial charge on any atom is 0.253 e. The minimum Gasteiger partial charge on any atom is -0.395 e. The third kappa shape index (κ3) is 4.39. The summed E-state index contributed by atoms with van der Waals surface area (Å²) in [6.45, 7) is 1.56. The summed E-state index contributed by atoms with van der Waals surface area (Å²) in [4.78, 5) is 35.6. The van der Waals surface area contributed by atoms with E-state index in [0.29, 0.717) is 21.4 Å². The number of hydrogen-bond acceptors (Lipinski definition) is 7. The van der Waals surface area contributed by atoms with Gasteiger partial charge in [-0.05, 0) is 43.2 Å². The maximum absolute atomic E-state index is 12.7. The highest BCUT2D eigenvalue weighted by Gasteiger charge is 2.30. The van der Waals surface area contributed by atoms with Gasteiger partial charge in [-0.1, -0.05) is 22.9 Å². The zero-order valence-corrected chi connectivity index (χ0v) is 21.2. The van der Waals surface area contributed by atoms with Crippen LogP contribution in [0.4, 0.5) is 5.13 Å². The van der Waals surface area contributed by atoms with Crippen LogP contribution in [0.1, 0.15) is 28.5 Å². The largest absolute Gasteiger partial charge is 0.395 e. The number of likely N-dealkylation sites (N-methyl/N-ethyl adjacent to an activating group) is 1. The Morgan fingerprint density at radius 1 is 1.28 bits per heavy atom. The Morgan fingerprint density at radius 3 is 2.81 bits per heavy atom. The van der Waals surface area contributed by atoms with Crippen LogP contribution in [0.15, 0.2) is 42.7 Å². The zero-order chi connectivity index (χ0) is 25.4. The highest BCUT2D eigenvalue weighted by molar-refractivity contribution is 7.19. The van der Waals surface area contributed by atoms with Crippen LogP contribution >= 0.6 is 22.9 Å². The van der Waals surface area contributed by atoms with Crippen LogP contribution < -0.4 is 5.32 Å². The van der Waals surface area contributed by atoms with Crippen molar-refractivity contribution >= 4 is 39.9 Å². The molecule has 11 heteroatoms. The first-order valence-electron chi connectivity index (χ1n) is 11.3. The lowest BCUT2D eigenvalue weighted by Gasteiger charge is -2.17. The van der Waals surface area contributed by atoms with Gasteiger partial charge in [0.05, 0.1) is 39.3 Å². The lowest BCUT2D eigenvalue weighted by molar-refractivity contribution is -0.114. The number of pyridine rings is 1. The van der Waals surface area contributed by atoms with Gasteiger partial charge >= 0.3 is 0 Å². The topological polar surface area (TPSA) is 113 Å². The Balaban J connectivity index is 1.66. The van der Waals surface area contributed by atoms with Gasteiger partial charge in [0.1, 0.15) is 0 Å². The number of amides is 2. The van der Waals surface area contributed by atoms with E-state index in [4.69, 9.17) is 21.8 Å². The van der Waals surface area contributed by atoms with Crippen molar-refractivity contribution in [1.29, 1.82) is 0 Å². The number of rotatable bonds is 6. The van der Waals surface area contributed by atoms with Crippen LogP contribution in [-0.4, -0.2) is 61.8 Å². The quantitative estimate of drug-likeness (QED) is 0.398. The highest BCUT2D eigenvalue weighted by atomic mass is 35.5. The molecule has 2 amide bonds. The molecule has 1 aromatic carbocycles. The Bertz CT molecular complexity index is 1470. The molecule has 1 aliphatic carbocycles. The van der Waals surface area contributed by atoms with Crippen molar-refractivity contribution in [2.45, 2.75) is 19.8 Å². The van der Waals surface area contributed by atoms with Gasteiger partial charge in [0.2, 0.25) is 5.91 Å². The van der Waals surface area contributed by atoms with E-state index in [-0.39, 0.29) is 25.0 Å².